The maximum atomic E-state index is 4.69. The van der Waals surface area contributed by atoms with Gasteiger partial charge < -0.3 is 0 Å². The molecule has 0 amide bonds. The SMILES string of the molecule is C=C(C1=CC(C)C=C1)C(CCC(CCCC)C1CCCC1)CC1C=CC=C1CC(C)(C)C. The molecule has 3 aliphatic carbocycles. The predicted molar refractivity (Wildman–Crippen MR) is 143 cm³/mol. The molecule has 0 heteroatoms. The van der Waals surface area contributed by atoms with Gasteiger partial charge in [-0.2, -0.15) is 0 Å². The third-order valence-electron chi connectivity index (χ3n) is 8.17. The number of allylic oxidation sites excluding steroid dienone is 9. The zero-order valence-electron chi connectivity index (χ0n) is 21.8. The molecule has 0 saturated heterocycles. The van der Waals surface area contributed by atoms with E-state index in [4.69, 9.17) is 0 Å². The van der Waals surface area contributed by atoms with Crippen molar-refractivity contribution in [2.45, 2.75) is 105 Å². The van der Waals surface area contributed by atoms with Gasteiger partial charge in [0.25, 0.3) is 0 Å². The van der Waals surface area contributed by atoms with Crippen LogP contribution in [0.1, 0.15) is 105 Å². The van der Waals surface area contributed by atoms with Crippen molar-refractivity contribution < 1.29 is 0 Å². The molecule has 1 saturated carbocycles. The lowest BCUT2D eigenvalue weighted by atomic mass is 9.75. The summed E-state index contributed by atoms with van der Waals surface area (Å²) in [6, 6.07) is 0. The van der Waals surface area contributed by atoms with Crippen LogP contribution in [0.4, 0.5) is 0 Å². The fourth-order valence-electron chi connectivity index (χ4n) is 6.36. The summed E-state index contributed by atoms with van der Waals surface area (Å²) in [5.74, 6) is 3.67. The summed E-state index contributed by atoms with van der Waals surface area (Å²) in [5.41, 5.74) is 4.80. The van der Waals surface area contributed by atoms with Crippen LogP contribution in [0.25, 0.3) is 0 Å². The van der Waals surface area contributed by atoms with Crippen molar-refractivity contribution in [1.82, 2.24) is 0 Å². The Labute approximate surface area is 200 Å². The first-order valence-electron chi connectivity index (χ1n) is 13.7. The fourth-order valence-corrected chi connectivity index (χ4v) is 6.36. The molecule has 0 spiro atoms. The molecular weight excluding hydrogens is 384 g/mol. The van der Waals surface area contributed by atoms with Crippen LogP contribution in [0.2, 0.25) is 0 Å². The molecule has 3 aliphatic rings. The van der Waals surface area contributed by atoms with Crippen LogP contribution in [-0.4, -0.2) is 0 Å². The lowest BCUT2D eigenvalue weighted by Crippen LogP contribution is -2.18. The highest BCUT2D eigenvalue weighted by molar-refractivity contribution is 5.44. The summed E-state index contributed by atoms with van der Waals surface area (Å²) < 4.78 is 0. The Morgan fingerprint density at radius 1 is 1.09 bits per heavy atom. The number of unbranched alkanes of at least 4 members (excludes halogenated alkanes) is 1. The Hall–Kier alpha value is -1.30. The molecule has 0 N–H and O–H groups in total. The molecule has 178 valence electrons. The van der Waals surface area contributed by atoms with Crippen molar-refractivity contribution in [3.05, 3.63) is 59.8 Å². The molecule has 32 heavy (non-hydrogen) atoms. The van der Waals surface area contributed by atoms with Crippen molar-refractivity contribution in [1.29, 1.82) is 0 Å². The predicted octanol–water partition coefficient (Wildman–Crippen LogP) is 10.0. The van der Waals surface area contributed by atoms with Crippen LogP contribution < -0.4 is 0 Å². The molecule has 4 atom stereocenters. The maximum absolute atomic E-state index is 4.69. The molecule has 0 aromatic rings. The summed E-state index contributed by atoms with van der Waals surface area (Å²) >= 11 is 0. The van der Waals surface area contributed by atoms with Crippen LogP contribution in [0.15, 0.2) is 59.8 Å². The second-order valence-electron chi connectivity index (χ2n) is 12.3. The van der Waals surface area contributed by atoms with Crippen molar-refractivity contribution in [3.63, 3.8) is 0 Å². The largest absolute Gasteiger partial charge is 0.0950 e. The molecule has 3 rings (SSSR count). The summed E-state index contributed by atoms with van der Waals surface area (Å²) in [7, 11) is 0. The highest BCUT2D eigenvalue weighted by Crippen LogP contribution is 2.42. The van der Waals surface area contributed by atoms with Gasteiger partial charge in [-0.15, -0.1) is 0 Å². The summed E-state index contributed by atoms with van der Waals surface area (Å²) in [4.78, 5) is 0. The van der Waals surface area contributed by atoms with E-state index < -0.39 is 0 Å². The first kappa shape index (κ1) is 25.3. The standard InChI is InChI=1S/C32H50/c1-7-8-12-27(26-13-9-10-14-26)19-20-29(25(3)28-18-17-24(2)21-28)22-30-15-11-16-31(30)23-32(4,5)6/h11,15-18,21,24,26-27,29-30H,3,7-10,12-14,19-20,22-23H2,1-2,4-6H3. The van der Waals surface area contributed by atoms with Gasteiger partial charge in [-0.25, -0.2) is 0 Å². The Bertz CT molecular complexity index is 728. The van der Waals surface area contributed by atoms with E-state index >= 15 is 0 Å². The van der Waals surface area contributed by atoms with Crippen LogP contribution in [-0.2, 0) is 0 Å². The Balaban J connectivity index is 1.71. The van der Waals surface area contributed by atoms with Crippen LogP contribution >= 0.6 is 0 Å². The number of hydrogen-bond acceptors (Lipinski definition) is 0. The molecule has 0 nitrogen and oxygen atoms in total. The summed E-state index contributed by atoms with van der Waals surface area (Å²) in [6.45, 7) is 16.4. The smallest absolute Gasteiger partial charge is 0.00110 e. The normalized spacial score (nSPS) is 25.3. The highest BCUT2D eigenvalue weighted by Gasteiger charge is 2.29. The van der Waals surface area contributed by atoms with E-state index in [1.54, 1.807) is 5.57 Å². The Kier molecular flexibility index (Phi) is 9.27. The lowest BCUT2D eigenvalue weighted by molar-refractivity contribution is 0.269. The van der Waals surface area contributed by atoms with Crippen molar-refractivity contribution in [2.75, 3.05) is 0 Å². The van der Waals surface area contributed by atoms with Gasteiger partial charge in [0.15, 0.2) is 0 Å². The van der Waals surface area contributed by atoms with Gasteiger partial charge in [-0.1, -0.05) is 128 Å². The zero-order valence-corrected chi connectivity index (χ0v) is 21.8. The van der Waals surface area contributed by atoms with E-state index in [1.807, 2.05) is 0 Å². The average Bonchev–Trinajstić information content (AvgIpc) is 3.48. The van der Waals surface area contributed by atoms with Gasteiger partial charge >= 0.3 is 0 Å². The van der Waals surface area contributed by atoms with E-state index in [-0.39, 0.29) is 0 Å². The molecule has 0 heterocycles. The lowest BCUT2D eigenvalue weighted by Gasteiger charge is -2.30. The molecule has 0 radical (unpaired) electrons. The van der Waals surface area contributed by atoms with Crippen molar-refractivity contribution >= 4 is 0 Å². The molecule has 0 aromatic heterocycles. The maximum Gasteiger partial charge on any atom is -0.00110 e. The third-order valence-corrected chi connectivity index (χ3v) is 8.17. The van der Waals surface area contributed by atoms with Gasteiger partial charge in [0.05, 0.1) is 0 Å². The van der Waals surface area contributed by atoms with E-state index in [2.05, 4.69) is 77.7 Å². The number of rotatable bonds is 12. The average molecular weight is 435 g/mol. The molecular formula is C32H50. The molecule has 0 aromatic carbocycles. The van der Waals surface area contributed by atoms with Gasteiger partial charge in [0.1, 0.15) is 0 Å². The molecule has 0 bridgehead atoms. The monoisotopic (exact) mass is 434 g/mol. The van der Waals surface area contributed by atoms with E-state index in [0.717, 1.165) is 11.8 Å². The minimum Gasteiger partial charge on any atom is -0.0950 e. The fraction of sp³-hybridized carbons (Fsp3) is 0.688. The minimum atomic E-state index is 0.350. The minimum absolute atomic E-state index is 0.350. The molecule has 0 aliphatic heterocycles. The second kappa shape index (κ2) is 11.7. The van der Waals surface area contributed by atoms with E-state index in [9.17, 15) is 0 Å². The Morgan fingerprint density at radius 3 is 2.47 bits per heavy atom. The van der Waals surface area contributed by atoms with Gasteiger partial charge in [-0.05, 0) is 71.8 Å². The van der Waals surface area contributed by atoms with Gasteiger partial charge in [0.2, 0.25) is 0 Å². The highest BCUT2D eigenvalue weighted by atomic mass is 14.3. The Morgan fingerprint density at radius 2 is 1.84 bits per heavy atom. The first-order valence-corrected chi connectivity index (χ1v) is 13.7. The summed E-state index contributed by atoms with van der Waals surface area (Å²) in [6.07, 6.45) is 29.5. The molecule has 4 unspecified atom stereocenters. The van der Waals surface area contributed by atoms with Crippen LogP contribution in [0.3, 0.4) is 0 Å². The second-order valence-corrected chi connectivity index (χ2v) is 12.3. The van der Waals surface area contributed by atoms with Crippen molar-refractivity contribution in [3.8, 4) is 0 Å². The quantitative estimate of drug-likeness (QED) is 0.286. The zero-order chi connectivity index (χ0) is 23.1. The van der Waals surface area contributed by atoms with Crippen molar-refractivity contribution in [2.24, 2.45) is 35.0 Å². The third kappa shape index (κ3) is 7.36. The first-order chi connectivity index (χ1) is 15.3. The summed E-state index contributed by atoms with van der Waals surface area (Å²) in [5, 5.41) is 0. The number of hydrogen-bond donors (Lipinski definition) is 0. The topological polar surface area (TPSA) is 0 Å². The van der Waals surface area contributed by atoms with Gasteiger partial charge in [0, 0.05) is 0 Å². The van der Waals surface area contributed by atoms with Crippen LogP contribution in [0.5, 0.6) is 0 Å². The van der Waals surface area contributed by atoms with Crippen LogP contribution in [0, 0.1) is 35.0 Å². The molecule has 1 fully saturated rings. The van der Waals surface area contributed by atoms with Gasteiger partial charge in [-0.3, -0.25) is 0 Å². The van der Waals surface area contributed by atoms with E-state index in [0.29, 0.717) is 23.2 Å². The van der Waals surface area contributed by atoms with E-state index in [1.165, 1.54) is 81.8 Å².